The van der Waals surface area contributed by atoms with Crippen LogP contribution in [0.1, 0.15) is 124 Å². The van der Waals surface area contributed by atoms with Crippen molar-refractivity contribution < 1.29 is 4.79 Å². The predicted octanol–water partition coefficient (Wildman–Crippen LogP) is 7.07. The van der Waals surface area contributed by atoms with E-state index in [4.69, 9.17) is 10.7 Å². The van der Waals surface area contributed by atoms with Gasteiger partial charge in [-0.15, -0.1) is 0 Å². The first-order valence-electron chi connectivity index (χ1n) is 12.7. The van der Waals surface area contributed by atoms with Crippen LogP contribution in [0.25, 0.3) is 0 Å². The Balaban J connectivity index is 2.26. The molecule has 2 unspecified atom stereocenters. The molecule has 0 aromatic carbocycles. The lowest BCUT2D eigenvalue weighted by atomic mass is 9.73. The van der Waals surface area contributed by atoms with Gasteiger partial charge in [0.2, 0.25) is 0 Å². The number of amidine groups is 1. The molecule has 0 aromatic rings. The molecule has 2 aliphatic rings. The highest BCUT2D eigenvalue weighted by Gasteiger charge is 2.39. The van der Waals surface area contributed by atoms with Crippen LogP contribution in [-0.4, -0.2) is 17.2 Å². The van der Waals surface area contributed by atoms with Crippen molar-refractivity contribution in [2.45, 2.75) is 130 Å². The maximum Gasteiger partial charge on any atom is 0.157 e. The Kier molecular flexibility index (Phi) is 10.2. The smallest absolute Gasteiger partial charge is 0.157 e. The Morgan fingerprint density at radius 2 is 1.55 bits per heavy atom. The summed E-state index contributed by atoms with van der Waals surface area (Å²) in [6.07, 6.45) is 18.4. The second kappa shape index (κ2) is 12.1. The van der Waals surface area contributed by atoms with Crippen molar-refractivity contribution >= 4 is 11.6 Å². The van der Waals surface area contributed by atoms with Crippen molar-refractivity contribution in [2.75, 3.05) is 0 Å². The van der Waals surface area contributed by atoms with E-state index in [1.807, 2.05) is 0 Å². The number of hydrogen-bond acceptors (Lipinski definition) is 2. The molecule has 0 aliphatic heterocycles. The Bertz CT molecular complexity index is 515. The second-order valence-electron chi connectivity index (χ2n) is 10.5. The van der Waals surface area contributed by atoms with Crippen LogP contribution < -0.4 is 5.73 Å². The molecule has 2 atom stereocenters. The number of carbonyl (C=O) groups is 1. The highest BCUT2D eigenvalue weighted by molar-refractivity contribution is 5.91. The van der Waals surface area contributed by atoms with Crippen molar-refractivity contribution in [3.8, 4) is 0 Å². The molecule has 3 nitrogen and oxygen atoms in total. The van der Waals surface area contributed by atoms with E-state index >= 15 is 0 Å². The summed E-state index contributed by atoms with van der Waals surface area (Å²) in [5, 5.41) is 0. The summed E-state index contributed by atoms with van der Waals surface area (Å²) in [6, 6.07) is 0. The molecular formula is C26H48N2O. The molecule has 2 N–H and O–H groups in total. The second-order valence-corrected chi connectivity index (χ2v) is 10.5. The van der Waals surface area contributed by atoms with Gasteiger partial charge in [-0.05, 0) is 50.4 Å². The summed E-state index contributed by atoms with van der Waals surface area (Å²) in [5.74, 6) is 3.18. The van der Waals surface area contributed by atoms with Crippen molar-refractivity contribution in [1.82, 2.24) is 0 Å². The lowest BCUT2D eigenvalue weighted by Gasteiger charge is -2.36. The molecule has 3 heteroatoms. The van der Waals surface area contributed by atoms with Gasteiger partial charge in [0, 0.05) is 5.92 Å². The summed E-state index contributed by atoms with van der Waals surface area (Å²) in [4.78, 5) is 18.3. The fourth-order valence-corrected chi connectivity index (χ4v) is 5.85. The molecule has 2 fully saturated rings. The minimum Gasteiger partial charge on any atom is -0.387 e. The number of aliphatic imine (C=N–C) groups is 1. The fraction of sp³-hybridized carbons (Fsp3) is 0.923. The molecule has 2 rings (SSSR count). The quantitative estimate of drug-likeness (QED) is 0.295. The average molecular weight is 405 g/mol. The van der Waals surface area contributed by atoms with Crippen LogP contribution in [0.4, 0.5) is 0 Å². The summed E-state index contributed by atoms with van der Waals surface area (Å²) in [6.45, 7) is 8.47. The van der Waals surface area contributed by atoms with Gasteiger partial charge in [0.15, 0.2) is 5.78 Å². The van der Waals surface area contributed by atoms with Gasteiger partial charge in [0.25, 0.3) is 0 Å². The first-order valence-corrected chi connectivity index (χ1v) is 12.7. The van der Waals surface area contributed by atoms with Gasteiger partial charge in [-0.25, -0.2) is 0 Å². The van der Waals surface area contributed by atoms with Crippen LogP contribution >= 0.6 is 0 Å². The minimum atomic E-state index is -0.579. The van der Waals surface area contributed by atoms with Gasteiger partial charge in [-0.2, -0.15) is 0 Å². The van der Waals surface area contributed by atoms with Crippen molar-refractivity contribution in [3.05, 3.63) is 0 Å². The first-order chi connectivity index (χ1) is 13.9. The SMILES string of the molecule is CCCC(C(N)=NC(CCC1CCCCC1)(CC1CCCCC1)C(C)=O)C(C)C. The van der Waals surface area contributed by atoms with Crippen LogP contribution in [0.2, 0.25) is 0 Å². The molecule has 0 aromatic heterocycles. The highest BCUT2D eigenvalue weighted by Crippen LogP contribution is 2.38. The molecule has 0 amide bonds. The zero-order chi connectivity index (χ0) is 21.3. The Hall–Kier alpha value is -0.860. The molecule has 0 saturated heterocycles. The summed E-state index contributed by atoms with van der Waals surface area (Å²) < 4.78 is 0. The van der Waals surface area contributed by atoms with E-state index in [0.717, 1.165) is 43.9 Å². The number of carbonyl (C=O) groups excluding carboxylic acids is 1. The Morgan fingerprint density at radius 1 is 1.00 bits per heavy atom. The monoisotopic (exact) mass is 404 g/mol. The lowest BCUT2D eigenvalue weighted by Crippen LogP contribution is -2.42. The molecule has 168 valence electrons. The topological polar surface area (TPSA) is 55.4 Å². The number of Topliss-reactive ketones (excluding diaryl/α,β-unsaturated/α-hetero) is 1. The zero-order valence-electron chi connectivity index (χ0n) is 19.8. The van der Waals surface area contributed by atoms with E-state index in [2.05, 4.69) is 20.8 Å². The van der Waals surface area contributed by atoms with Gasteiger partial charge in [-0.3, -0.25) is 9.79 Å². The minimum absolute atomic E-state index is 0.251. The van der Waals surface area contributed by atoms with E-state index in [1.165, 1.54) is 64.2 Å². The zero-order valence-corrected chi connectivity index (χ0v) is 19.8. The largest absolute Gasteiger partial charge is 0.387 e. The maximum atomic E-state index is 13.1. The molecule has 0 spiro atoms. The summed E-state index contributed by atoms with van der Waals surface area (Å²) in [5.41, 5.74) is 6.06. The molecular weight excluding hydrogens is 356 g/mol. The van der Waals surface area contributed by atoms with Gasteiger partial charge in [-0.1, -0.05) is 91.4 Å². The van der Waals surface area contributed by atoms with E-state index < -0.39 is 5.54 Å². The number of nitrogens with two attached hydrogens (primary N) is 1. The number of nitrogens with zero attached hydrogens (tertiary/aromatic N) is 1. The third-order valence-corrected chi connectivity index (χ3v) is 7.82. The van der Waals surface area contributed by atoms with Gasteiger partial charge < -0.3 is 5.73 Å². The third kappa shape index (κ3) is 7.40. The average Bonchev–Trinajstić information content (AvgIpc) is 2.71. The van der Waals surface area contributed by atoms with E-state index in [1.54, 1.807) is 6.92 Å². The van der Waals surface area contributed by atoms with Crippen LogP contribution in [-0.2, 0) is 4.79 Å². The van der Waals surface area contributed by atoms with Crippen LogP contribution in [0.3, 0.4) is 0 Å². The van der Waals surface area contributed by atoms with E-state index in [0.29, 0.717) is 17.8 Å². The van der Waals surface area contributed by atoms with Crippen LogP contribution in [0.5, 0.6) is 0 Å². The molecule has 0 radical (unpaired) electrons. The maximum absolute atomic E-state index is 13.1. The van der Waals surface area contributed by atoms with E-state index in [-0.39, 0.29) is 5.78 Å². The number of rotatable bonds is 11. The van der Waals surface area contributed by atoms with Crippen LogP contribution in [0, 0.1) is 23.7 Å². The molecule has 2 saturated carbocycles. The number of ketones is 1. The van der Waals surface area contributed by atoms with Crippen LogP contribution in [0.15, 0.2) is 4.99 Å². The molecule has 0 heterocycles. The fourth-order valence-electron chi connectivity index (χ4n) is 5.85. The van der Waals surface area contributed by atoms with Gasteiger partial charge >= 0.3 is 0 Å². The Morgan fingerprint density at radius 3 is 2.03 bits per heavy atom. The first kappa shape index (κ1) is 24.4. The van der Waals surface area contributed by atoms with Gasteiger partial charge in [0.05, 0.1) is 5.84 Å². The normalized spacial score (nSPS) is 23.1. The Labute approximate surface area is 180 Å². The van der Waals surface area contributed by atoms with Crippen molar-refractivity contribution in [2.24, 2.45) is 34.4 Å². The highest BCUT2D eigenvalue weighted by atomic mass is 16.1. The molecule has 29 heavy (non-hydrogen) atoms. The predicted molar refractivity (Wildman–Crippen MR) is 125 cm³/mol. The van der Waals surface area contributed by atoms with Gasteiger partial charge in [0.1, 0.15) is 5.54 Å². The van der Waals surface area contributed by atoms with Crippen molar-refractivity contribution in [3.63, 3.8) is 0 Å². The summed E-state index contributed by atoms with van der Waals surface area (Å²) in [7, 11) is 0. The summed E-state index contributed by atoms with van der Waals surface area (Å²) >= 11 is 0. The number of hydrogen-bond donors (Lipinski definition) is 1. The molecule has 2 aliphatic carbocycles. The van der Waals surface area contributed by atoms with Crippen molar-refractivity contribution in [1.29, 1.82) is 0 Å². The molecule has 0 bridgehead atoms. The third-order valence-electron chi connectivity index (χ3n) is 7.82. The lowest BCUT2D eigenvalue weighted by molar-refractivity contribution is -0.123. The van der Waals surface area contributed by atoms with E-state index in [9.17, 15) is 4.79 Å². The standard InChI is InChI=1S/C26H48N2O/c1-5-12-24(20(2)3)25(27)28-26(21(4)29,19-23-15-10-7-11-16-23)18-17-22-13-8-6-9-14-22/h20,22-24H,5-19H2,1-4H3,(H2,27,28).